The van der Waals surface area contributed by atoms with Gasteiger partial charge >= 0.3 is 0 Å². The average Bonchev–Trinajstić information content (AvgIpc) is 3.10. The van der Waals surface area contributed by atoms with E-state index in [9.17, 15) is 9.90 Å². The Labute approximate surface area is 260 Å². The van der Waals surface area contributed by atoms with E-state index in [0.717, 1.165) is 33.4 Å². The predicted octanol–water partition coefficient (Wildman–Crippen LogP) is 6.30. The molecule has 1 saturated heterocycles. The van der Waals surface area contributed by atoms with Crippen LogP contribution in [0.1, 0.15) is 51.4 Å². The molecule has 8 nitrogen and oxygen atoms in total. The summed E-state index contributed by atoms with van der Waals surface area (Å²) in [5.74, 6) is 0.521. The van der Waals surface area contributed by atoms with E-state index in [-0.39, 0.29) is 24.7 Å². The number of rotatable bonds is 10. The molecular weight excluding hydrogens is 572 g/mol. The van der Waals surface area contributed by atoms with Crippen LogP contribution in [0, 0.1) is 0 Å². The summed E-state index contributed by atoms with van der Waals surface area (Å²) >= 11 is 1.56. The molecule has 1 fully saturated rings. The first-order chi connectivity index (χ1) is 21.7. The molecule has 3 atom stereocenters. The second kappa shape index (κ2) is 14.4. The van der Waals surface area contributed by atoms with Gasteiger partial charge < -0.3 is 19.9 Å². The Kier molecular flexibility index (Phi) is 9.69. The number of nitrogens with one attached hydrogen (secondary N) is 1. The van der Waals surface area contributed by atoms with Crippen molar-refractivity contribution in [2.45, 2.75) is 43.2 Å². The van der Waals surface area contributed by atoms with Gasteiger partial charge in [0, 0.05) is 49.1 Å². The van der Waals surface area contributed by atoms with Gasteiger partial charge in [0.15, 0.2) is 11.4 Å². The minimum Gasteiger partial charge on any atom is -0.392 e. The minimum atomic E-state index is -0.559. The SMILES string of the molecule is O=C(NCc1ccccc1-c1ccc([C@@H]2O[C@H](CSc3ncccn3)C[C@H](c3ccc(CO)cc3)O2)cc1)c1cccnc1. The fraction of sp³-hybridized carbons (Fsp3) is 0.200. The first-order valence-electron chi connectivity index (χ1n) is 14.4. The maximum atomic E-state index is 12.6. The van der Waals surface area contributed by atoms with Gasteiger partial charge in [-0.1, -0.05) is 84.6 Å². The molecule has 1 amide bonds. The maximum Gasteiger partial charge on any atom is 0.253 e. The lowest BCUT2D eigenvalue weighted by Crippen LogP contribution is -2.31. The minimum absolute atomic E-state index is 0.000232. The van der Waals surface area contributed by atoms with Crippen molar-refractivity contribution in [2.24, 2.45) is 0 Å². The number of pyridine rings is 1. The fourth-order valence-electron chi connectivity index (χ4n) is 5.10. The van der Waals surface area contributed by atoms with Crippen molar-refractivity contribution < 1.29 is 19.4 Å². The number of hydrogen-bond donors (Lipinski definition) is 2. The van der Waals surface area contributed by atoms with Crippen LogP contribution in [0.3, 0.4) is 0 Å². The predicted molar refractivity (Wildman–Crippen MR) is 168 cm³/mol. The van der Waals surface area contributed by atoms with Crippen molar-refractivity contribution in [3.05, 3.63) is 144 Å². The number of hydrogen-bond acceptors (Lipinski definition) is 8. The molecule has 0 unspecified atom stereocenters. The van der Waals surface area contributed by atoms with Crippen LogP contribution >= 0.6 is 11.8 Å². The van der Waals surface area contributed by atoms with Gasteiger partial charge in [0.2, 0.25) is 0 Å². The third-order valence-corrected chi connectivity index (χ3v) is 8.44. The Hall–Kier alpha value is -4.41. The summed E-state index contributed by atoms with van der Waals surface area (Å²) < 4.78 is 13.0. The Morgan fingerprint density at radius 3 is 2.39 bits per heavy atom. The van der Waals surface area contributed by atoms with Gasteiger partial charge in [-0.25, -0.2) is 9.97 Å². The molecule has 2 aromatic heterocycles. The molecule has 2 N–H and O–H groups in total. The molecule has 6 rings (SSSR count). The highest BCUT2D eigenvalue weighted by Crippen LogP contribution is 2.39. The Morgan fingerprint density at radius 2 is 1.64 bits per heavy atom. The van der Waals surface area contributed by atoms with Crippen LogP contribution in [-0.2, 0) is 22.6 Å². The van der Waals surface area contributed by atoms with Crippen molar-refractivity contribution in [3.8, 4) is 11.1 Å². The summed E-state index contributed by atoms with van der Waals surface area (Å²) in [7, 11) is 0. The molecule has 0 radical (unpaired) electrons. The first-order valence-corrected chi connectivity index (χ1v) is 15.4. The third-order valence-electron chi connectivity index (χ3n) is 7.43. The lowest BCUT2D eigenvalue weighted by Gasteiger charge is -2.36. The van der Waals surface area contributed by atoms with Crippen LogP contribution in [0.4, 0.5) is 0 Å². The second-order valence-electron chi connectivity index (χ2n) is 10.4. The van der Waals surface area contributed by atoms with Crippen LogP contribution in [0.25, 0.3) is 11.1 Å². The summed E-state index contributed by atoms with van der Waals surface area (Å²) in [5.41, 5.74) is 6.42. The van der Waals surface area contributed by atoms with Crippen LogP contribution < -0.4 is 5.32 Å². The van der Waals surface area contributed by atoms with Crippen molar-refractivity contribution in [3.63, 3.8) is 0 Å². The largest absolute Gasteiger partial charge is 0.392 e. The number of aromatic nitrogens is 3. The summed E-state index contributed by atoms with van der Waals surface area (Å²) in [4.78, 5) is 25.3. The monoisotopic (exact) mass is 604 g/mol. The first kappa shape index (κ1) is 29.7. The fourth-order valence-corrected chi connectivity index (χ4v) is 5.92. The number of aliphatic hydroxyl groups excluding tert-OH is 1. The quantitative estimate of drug-likeness (QED) is 0.141. The summed E-state index contributed by atoms with van der Waals surface area (Å²) in [6.07, 6.45) is 6.55. The zero-order chi connectivity index (χ0) is 30.1. The van der Waals surface area contributed by atoms with E-state index in [1.165, 1.54) is 0 Å². The summed E-state index contributed by atoms with van der Waals surface area (Å²) in [6.45, 7) is 0.391. The number of benzene rings is 3. The van der Waals surface area contributed by atoms with Gasteiger partial charge in [0.05, 0.1) is 24.4 Å². The highest BCUT2D eigenvalue weighted by atomic mass is 32.2. The number of amides is 1. The van der Waals surface area contributed by atoms with E-state index < -0.39 is 6.29 Å². The van der Waals surface area contributed by atoms with Gasteiger partial charge in [-0.2, -0.15) is 0 Å². The van der Waals surface area contributed by atoms with E-state index in [1.54, 1.807) is 54.7 Å². The van der Waals surface area contributed by atoms with E-state index in [0.29, 0.717) is 29.4 Å². The van der Waals surface area contributed by atoms with Crippen LogP contribution in [0.5, 0.6) is 0 Å². The van der Waals surface area contributed by atoms with Gasteiger partial charge in [0.1, 0.15) is 0 Å². The highest BCUT2D eigenvalue weighted by molar-refractivity contribution is 7.99. The van der Waals surface area contributed by atoms with Crippen molar-refractivity contribution in [1.29, 1.82) is 0 Å². The molecule has 0 bridgehead atoms. The number of carbonyl (C=O) groups is 1. The molecule has 222 valence electrons. The number of aliphatic hydroxyl groups is 1. The number of ether oxygens (including phenoxy) is 2. The van der Waals surface area contributed by atoms with Gasteiger partial charge in [-0.15, -0.1) is 0 Å². The van der Waals surface area contributed by atoms with Crippen molar-refractivity contribution >= 4 is 17.7 Å². The van der Waals surface area contributed by atoms with E-state index in [4.69, 9.17) is 9.47 Å². The number of thioether (sulfide) groups is 1. The molecule has 3 aromatic carbocycles. The highest BCUT2D eigenvalue weighted by Gasteiger charge is 2.32. The Morgan fingerprint density at radius 1 is 0.864 bits per heavy atom. The Balaban J connectivity index is 1.19. The summed E-state index contributed by atoms with van der Waals surface area (Å²) in [6, 6.07) is 29.4. The third kappa shape index (κ3) is 7.38. The maximum absolute atomic E-state index is 12.6. The molecule has 1 aliphatic heterocycles. The summed E-state index contributed by atoms with van der Waals surface area (Å²) in [5, 5.41) is 13.2. The topological polar surface area (TPSA) is 106 Å². The van der Waals surface area contributed by atoms with E-state index in [1.807, 2.05) is 54.6 Å². The van der Waals surface area contributed by atoms with Gasteiger partial charge in [-0.05, 0) is 46.0 Å². The van der Waals surface area contributed by atoms with Gasteiger partial charge in [-0.3, -0.25) is 9.78 Å². The standard InChI is InChI=1S/C35H32N4O4S/c40-22-24-8-10-26(11-9-24)32-19-30(23-44-35-37-17-4-18-38-35)42-34(43-32)27-14-12-25(13-15-27)31-7-2-1-5-28(31)21-39-33(41)29-6-3-16-36-20-29/h1-18,20,30,32,34,40H,19,21-23H2,(H,39,41)/t30-,32+,34+/m0/s1. The zero-order valence-electron chi connectivity index (χ0n) is 24.0. The molecule has 0 saturated carbocycles. The molecule has 1 aliphatic rings. The molecule has 44 heavy (non-hydrogen) atoms. The van der Waals surface area contributed by atoms with E-state index in [2.05, 4.69) is 38.5 Å². The number of nitrogens with zero attached hydrogens (tertiary/aromatic N) is 3. The smallest absolute Gasteiger partial charge is 0.253 e. The number of carbonyl (C=O) groups excluding carboxylic acids is 1. The second-order valence-corrected chi connectivity index (χ2v) is 11.4. The molecule has 5 aromatic rings. The zero-order valence-corrected chi connectivity index (χ0v) is 24.8. The molecule has 0 aliphatic carbocycles. The molecule has 9 heteroatoms. The lowest BCUT2D eigenvalue weighted by molar-refractivity contribution is -0.245. The van der Waals surface area contributed by atoms with Gasteiger partial charge in [0.25, 0.3) is 5.91 Å². The Bertz CT molecular complexity index is 1650. The normalized spacial score (nSPS) is 18.1. The van der Waals surface area contributed by atoms with Crippen LogP contribution in [0.2, 0.25) is 0 Å². The molecular formula is C35H32N4O4S. The van der Waals surface area contributed by atoms with E-state index >= 15 is 0 Å². The van der Waals surface area contributed by atoms with Crippen LogP contribution in [-0.4, -0.2) is 37.8 Å². The van der Waals surface area contributed by atoms with Crippen LogP contribution in [0.15, 0.2) is 121 Å². The van der Waals surface area contributed by atoms with Crippen molar-refractivity contribution in [1.82, 2.24) is 20.3 Å². The molecule has 0 spiro atoms. The van der Waals surface area contributed by atoms with Crippen molar-refractivity contribution in [2.75, 3.05) is 5.75 Å². The molecule has 3 heterocycles. The average molecular weight is 605 g/mol. The lowest BCUT2D eigenvalue weighted by atomic mass is 9.97.